The van der Waals surface area contributed by atoms with Gasteiger partial charge in [0.1, 0.15) is 0 Å². The minimum Gasteiger partial charge on any atom is -0.377 e. The van der Waals surface area contributed by atoms with Gasteiger partial charge in [0.05, 0.1) is 6.10 Å². The smallest absolute Gasteiger partial charge is 0.0699 e. The van der Waals surface area contributed by atoms with Gasteiger partial charge in [-0.2, -0.15) is 0 Å². The lowest BCUT2D eigenvalue weighted by molar-refractivity contribution is 0.0135. The fraction of sp³-hybridized carbons (Fsp3) is 1.00. The minimum atomic E-state index is 0.342. The maximum absolute atomic E-state index is 5.68. The summed E-state index contributed by atoms with van der Waals surface area (Å²) < 4.78 is 5.68. The second kappa shape index (κ2) is 5.13. The Bertz CT molecular complexity index is 156. The third-order valence-corrected chi connectivity index (χ3v) is 3.22. The Kier molecular flexibility index (Phi) is 4.39. The first kappa shape index (κ1) is 12.0. The van der Waals surface area contributed by atoms with E-state index in [-0.39, 0.29) is 0 Å². The maximum atomic E-state index is 5.68. The Labute approximate surface area is 88.4 Å². The average molecular weight is 199 g/mol. The fourth-order valence-corrected chi connectivity index (χ4v) is 1.58. The van der Waals surface area contributed by atoms with Gasteiger partial charge in [-0.3, -0.25) is 0 Å². The molecule has 0 radical (unpaired) electrons. The van der Waals surface area contributed by atoms with Crippen LogP contribution in [0.1, 0.15) is 47.0 Å². The van der Waals surface area contributed by atoms with Crippen LogP contribution in [0.2, 0.25) is 0 Å². The first-order valence-electron chi connectivity index (χ1n) is 5.85. The van der Waals surface area contributed by atoms with E-state index in [1.165, 1.54) is 19.3 Å². The van der Waals surface area contributed by atoms with Gasteiger partial charge in [-0.1, -0.05) is 20.8 Å². The zero-order chi connectivity index (χ0) is 10.6. The van der Waals surface area contributed by atoms with Crippen molar-refractivity contribution in [1.29, 1.82) is 0 Å². The summed E-state index contributed by atoms with van der Waals surface area (Å²) in [4.78, 5) is 0. The maximum Gasteiger partial charge on any atom is 0.0699 e. The molecule has 1 heterocycles. The van der Waals surface area contributed by atoms with Crippen molar-refractivity contribution in [3.8, 4) is 0 Å². The predicted molar refractivity (Wildman–Crippen MR) is 60.5 cm³/mol. The summed E-state index contributed by atoms with van der Waals surface area (Å²) >= 11 is 0. The van der Waals surface area contributed by atoms with E-state index >= 15 is 0 Å². The van der Waals surface area contributed by atoms with Gasteiger partial charge in [0.15, 0.2) is 0 Å². The lowest BCUT2D eigenvalue weighted by atomic mass is 9.88. The summed E-state index contributed by atoms with van der Waals surface area (Å²) in [5.41, 5.74) is 0.342. The zero-order valence-electron chi connectivity index (χ0n) is 10.1. The van der Waals surface area contributed by atoms with E-state index in [4.69, 9.17) is 4.74 Å². The van der Waals surface area contributed by atoms with E-state index in [0.29, 0.717) is 17.6 Å². The van der Waals surface area contributed by atoms with Gasteiger partial charge in [0, 0.05) is 19.2 Å². The quantitative estimate of drug-likeness (QED) is 0.754. The summed E-state index contributed by atoms with van der Waals surface area (Å²) in [5, 5.41) is 3.57. The first-order chi connectivity index (χ1) is 6.50. The summed E-state index contributed by atoms with van der Waals surface area (Å²) in [7, 11) is 0. The van der Waals surface area contributed by atoms with Crippen molar-refractivity contribution >= 4 is 0 Å². The van der Waals surface area contributed by atoms with Gasteiger partial charge in [-0.05, 0) is 31.6 Å². The molecular formula is C12H25NO. The molecular weight excluding hydrogens is 174 g/mol. The third-order valence-electron chi connectivity index (χ3n) is 3.22. The number of hydrogen-bond donors (Lipinski definition) is 1. The van der Waals surface area contributed by atoms with Crippen molar-refractivity contribution in [2.45, 2.75) is 59.1 Å². The molecule has 0 spiro atoms. The van der Waals surface area contributed by atoms with Crippen LogP contribution in [-0.4, -0.2) is 25.3 Å². The first-order valence-corrected chi connectivity index (χ1v) is 5.85. The van der Waals surface area contributed by atoms with Crippen LogP contribution in [-0.2, 0) is 4.74 Å². The lowest BCUT2D eigenvalue weighted by Crippen LogP contribution is -2.42. The molecule has 1 rings (SSSR count). The van der Waals surface area contributed by atoms with Gasteiger partial charge in [0.25, 0.3) is 0 Å². The van der Waals surface area contributed by atoms with E-state index in [0.717, 1.165) is 13.2 Å². The van der Waals surface area contributed by atoms with Crippen LogP contribution < -0.4 is 5.32 Å². The predicted octanol–water partition coefficient (Wildman–Crippen LogP) is 2.58. The lowest BCUT2D eigenvalue weighted by Gasteiger charge is -2.31. The van der Waals surface area contributed by atoms with Gasteiger partial charge in [-0.15, -0.1) is 0 Å². The van der Waals surface area contributed by atoms with Crippen molar-refractivity contribution in [3.05, 3.63) is 0 Å². The molecule has 1 saturated heterocycles. The molecule has 2 atom stereocenters. The second-order valence-electron chi connectivity index (χ2n) is 5.48. The topological polar surface area (TPSA) is 21.3 Å². The van der Waals surface area contributed by atoms with Crippen LogP contribution in [0.5, 0.6) is 0 Å². The minimum absolute atomic E-state index is 0.342. The summed E-state index contributed by atoms with van der Waals surface area (Å²) in [6.07, 6.45) is 4.25. The number of rotatable bonds is 3. The highest BCUT2D eigenvalue weighted by Gasteiger charge is 2.21. The van der Waals surface area contributed by atoms with Crippen molar-refractivity contribution in [2.75, 3.05) is 13.2 Å². The molecule has 1 aliphatic rings. The highest BCUT2D eigenvalue weighted by molar-refractivity contribution is 4.78. The normalized spacial score (nSPS) is 26.1. The Balaban J connectivity index is 2.19. The third kappa shape index (κ3) is 3.97. The van der Waals surface area contributed by atoms with Gasteiger partial charge in [0.2, 0.25) is 0 Å². The van der Waals surface area contributed by atoms with Gasteiger partial charge >= 0.3 is 0 Å². The standard InChI is InChI=1S/C12H25NO/c1-10(12(2,3)4)13-9-11-7-5-6-8-14-11/h10-11,13H,5-9H2,1-4H3. The van der Waals surface area contributed by atoms with E-state index in [1.807, 2.05) is 0 Å². The highest BCUT2D eigenvalue weighted by Crippen LogP contribution is 2.19. The number of hydrogen-bond acceptors (Lipinski definition) is 2. The molecule has 0 aromatic heterocycles. The molecule has 14 heavy (non-hydrogen) atoms. The van der Waals surface area contributed by atoms with E-state index in [1.54, 1.807) is 0 Å². The van der Waals surface area contributed by atoms with E-state index < -0.39 is 0 Å². The van der Waals surface area contributed by atoms with Crippen LogP contribution in [0.3, 0.4) is 0 Å². The molecule has 1 aliphatic heterocycles. The molecule has 0 aromatic carbocycles. The molecule has 0 saturated carbocycles. The van der Waals surface area contributed by atoms with Gasteiger partial charge < -0.3 is 10.1 Å². The number of nitrogens with one attached hydrogen (secondary N) is 1. The molecule has 84 valence electrons. The average Bonchev–Trinajstić information content (AvgIpc) is 2.14. The van der Waals surface area contributed by atoms with E-state index in [2.05, 4.69) is 33.0 Å². The van der Waals surface area contributed by atoms with Crippen molar-refractivity contribution in [3.63, 3.8) is 0 Å². The molecule has 2 heteroatoms. The van der Waals surface area contributed by atoms with Crippen LogP contribution in [0.4, 0.5) is 0 Å². The van der Waals surface area contributed by atoms with Gasteiger partial charge in [-0.25, -0.2) is 0 Å². The fourth-order valence-electron chi connectivity index (χ4n) is 1.58. The summed E-state index contributed by atoms with van der Waals surface area (Å²) in [5.74, 6) is 0. The monoisotopic (exact) mass is 199 g/mol. The Morgan fingerprint density at radius 1 is 1.36 bits per heavy atom. The van der Waals surface area contributed by atoms with Crippen LogP contribution in [0.15, 0.2) is 0 Å². The molecule has 1 fully saturated rings. The van der Waals surface area contributed by atoms with Crippen LogP contribution in [0, 0.1) is 5.41 Å². The van der Waals surface area contributed by atoms with E-state index in [9.17, 15) is 0 Å². The summed E-state index contributed by atoms with van der Waals surface area (Å²) in [6.45, 7) is 11.0. The molecule has 0 amide bonds. The zero-order valence-corrected chi connectivity index (χ0v) is 10.1. The van der Waals surface area contributed by atoms with Crippen molar-refractivity contribution in [2.24, 2.45) is 5.41 Å². The Morgan fingerprint density at radius 2 is 2.07 bits per heavy atom. The largest absolute Gasteiger partial charge is 0.377 e. The van der Waals surface area contributed by atoms with Crippen LogP contribution in [0.25, 0.3) is 0 Å². The molecule has 0 bridgehead atoms. The second-order valence-corrected chi connectivity index (χ2v) is 5.48. The van der Waals surface area contributed by atoms with Crippen LogP contribution >= 0.6 is 0 Å². The summed E-state index contributed by atoms with van der Waals surface area (Å²) in [6, 6.07) is 0.549. The molecule has 2 unspecified atom stereocenters. The molecule has 0 aromatic rings. The highest BCUT2D eigenvalue weighted by atomic mass is 16.5. The molecule has 1 N–H and O–H groups in total. The molecule has 0 aliphatic carbocycles. The van der Waals surface area contributed by atoms with Crippen molar-refractivity contribution < 1.29 is 4.74 Å². The van der Waals surface area contributed by atoms with Crippen molar-refractivity contribution in [1.82, 2.24) is 5.32 Å². The Morgan fingerprint density at radius 3 is 2.57 bits per heavy atom. The molecule has 2 nitrogen and oxygen atoms in total. The Hall–Kier alpha value is -0.0800. The number of ether oxygens (including phenoxy) is 1. The SMILES string of the molecule is CC(NCC1CCCCO1)C(C)(C)C.